The van der Waals surface area contributed by atoms with Crippen molar-refractivity contribution in [2.75, 3.05) is 0 Å². The van der Waals surface area contributed by atoms with Gasteiger partial charge in [0.25, 0.3) is 6.47 Å². The molecular weight excluding hydrogens is 221 g/mol. The molecule has 0 N–H and O–H groups in total. The number of carbonyl (C=O) groups is 1. The highest BCUT2D eigenvalue weighted by Crippen LogP contribution is 2.33. The van der Waals surface area contributed by atoms with Crippen molar-refractivity contribution < 1.29 is 22.7 Å². The number of hydrogen-bond donors (Lipinski definition) is 0. The summed E-state index contributed by atoms with van der Waals surface area (Å²) >= 11 is 0. The van der Waals surface area contributed by atoms with Crippen LogP contribution in [0.25, 0.3) is 0 Å². The van der Waals surface area contributed by atoms with Crippen LogP contribution in [-0.4, -0.2) is 12.6 Å². The molecule has 0 amide bonds. The van der Waals surface area contributed by atoms with Crippen LogP contribution in [0.5, 0.6) is 0 Å². The van der Waals surface area contributed by atoms with Gasteiger partial charge in [-0.1, -0.05) is 6.08 Å². The van der Waals surface area contributed by atoms with Gasteiger partial charge in [-0.15, -0.1) is 6.58 Å². The van der Waals surface area contributed by atoms with Crippen molar-refractivity contribution in [3.63, 3.8) is 0 Å². The number of alkyl halides is 3. The second-order valence-corrected chi connectivity index (χ2v) is 3.34. The Morgan fingerprint density at radius 3 is 2.56 bits per heavy atom. The highest BCUT2D eigenvalue weighted by molar-refractivity contribution is 5.39. The molecule has 0 aromatic carbocycles. The molecule has 0 aromatic rings. The average molecular weight is 235 g/mol. The van der Waals surface area contributed by atoms with E-state index in [0.29, 0.717) is 0 Å². The number of ether oxygens (including phenoxy) is 1. The maximum Gasteiger partial charge on any atom is 0.392 e. The molecule has 2 nitrogen and oxygen atoms in total. The normalized spacial score (nSPS) is 12.9. The molecule has 0 saturated heterocycles. The van der Waals surface area contributed by atoms with E-state index in [4.69, 9.17) is 6.58 Å². The van der Waals surface area contributed by atoms with E-state index in [1.165, 1.54) is 6.08 Å². The van der Waals surface area contributed by atoms with Crippen LogP contribution in [0.1, 0.15) is 25.7 Å². The summed E-state index contributed by atoms with van der Waals surface area (Å²) in [5.74, 6) is -1.47. The maximum absolute atomic E-state index is 12.4. The van der Waals surface area contributed by atoms with Crippen LogP contribution >= 0.6 is 0 Å². The molecule has 0 unspecified atom stereocenters. The Morgan fingerprint density at radius 1 is 1.50 bits per heavy atom. The molecular formula is C11H14F3O2. The van der Waals surface area contributed by atoms with E-state index in [-0.39, 0.29) is 37.9 Å². The summed E-state index contributed by atoms with van der Waals surface area (Å²) in [5, 5.41) is 0. The molecule has 0 saturated carbocycles. The smallest absolute Gasteiger partial charge is 0.392 e. The fourth-order valence-electron chi connectivity index (χ4n) is 1.26. The quantitative estimate of drug-likeness (QED) is 0.366. The predicted octanol–water partition coefficient (Wildman–Crippen LogP) is 3.40. The Bertz CT molecular complexity index is 246. The first-order valence-electron chi connectivity index (χ1n) is 4.81. The van der Waals surface area contributed by atoms with Crippen LogP contribution in [0.4, 0.5) is 13.2 Å². The molecule has 91 valence electrons. The Labute approximate surface area is 92.8 Å². The van der Waals surface area contributed by atoms with Crippen LogP contribution in [0, 0.1) is 12.5 Å². The second kappa shape index (κ2) is 7.09. The highest BCUT2D eigenvalue weighted by atomic mass is 19.4. The monoisotopic (exact) mass is 235 g/mol. The van der Waals surface area contributed by atoms with Gasteiger partial charge >= 0.3 is 6.18 Å². The lowest BCUT2D eigenvalue weighted by atomic mass is 9.97. The maximum atomic E-state index is 12.4. The Balaban J connectivity index is 3.98. The van der Waals surface area contributed by atoms with Crippen LogP contribution in [-0.2, 0) is 9.53 Å². The molecule has 0 aromatic heterocycles. The predicted molar refractivity (Wildman–Crippen MR) is 53.2 cm³/mol. The van der Waals surface area contributed by atoms with Gasteiger partial charge < -0.3 is 4.74 Å². The number of hydrogen-bond acceptors (Lipinski definition) is 2. The van der Waals surface area contributed by atoms with E-state index in [0.717, 1.165) is 0 Å². The summed E-state index contributed by atoms with van der Waals surface area (Å²) in [6, 6.07) is 0. The lowest BCUT2D eigenvalue weighted by Crippen LogP contribution is -2.22. The zero-order chi connectivity index (χ0) is 12.6. The standard InChI is InChI=1S/C11H14F3O2/c1-3-5-10(11(12,13)14)7-4-6-9(2)16-8-15/h2-3,8,10H,1,4-7H2/t10-/m0/s1. The summed E-state index contributed by atoms with van der Waals surface area (Å²) in [6.07, 6.45) is -2.79. The highest BCUT2D eigenvalue weighted by Gasteiger charge is 2.37. The summed E-state index contributed by atoms with van der Waals surface area (Å²) in [6.45, 7) is 8.65. The molecule has 1 radical (unpaired) electrons. The number of carbonyl (C=O) groups excluding carboxylic acids is 1. The summed E-state index contributed by atoms with van der Waals surface area (Å²) in [5.41, 5.74) is 0. The minimum Gasteiger partial charge on any atom is -0.433 e. The SMILES string of the molecule is [CH]=C(CCC[C@H](CC=C)C(F)(F)F)OC=O. The van der Waals surface area contributed by atoms with Gasteiger partial charge in [0.2, 0.25) is 0 Å². The van der Waals surface area contributed by atoms with Crippen LogP contribution in [0.3, 0.4) is 0 Å². The molecule has 0 heterocycles. The largest absolute Gasteiger partial charge is 0.433 e. The van der Waals surface area contributed by atoms with E-state index in [1.807, 2.05) is 0 Å². The van der Waals surface area contributed by atoms with Gasteiger partial charge in [0.1, 0.15) is 5.76 Å². The topological polar surface area (TPSA) is 26.3 Å². The van der Waals surface area contributed by atoms with Crippen molar-refractivity contribution in [2.45, 2.75) is 31.9 Å². The van der Waals surface area contributed by atoms with Gasteiger partial charge in [0, 0.05) is 6.42 Å². The number of halogens is 3. The minimum atomic E-state index is -4.23. The lowest BCUT2D eigenvalue weighted by molar-refractivity contribution is -0.175. The van der Waals surface area contributed by atoms with Crippen molar-refractivity contribution in [1.29, 1.82) is 0 Å². The van der Waals surface area contributed by atoms with Gasteiger partial charge in [-0.05, 0) is 25.8 Å². The van der Waals surface area contributed by atoms with E-state index in [2.05, 4.69) is 11.3 Å². The number of rotatable bonds is 8. The van der Waals surface area contributed by atoms with E-state index >= 15 is 0 Å². The third-order valence-electron chi connectivity index (χ3n) is 2.09. The second-order valence-electron chi connectivity index (χ2n) is 3.34. The van der Waals surface area contributed by atoms with Gasteiger partial charge in [-0.2, -0.15) is 13.2 Å². The molecule has 0 spiro atoms. The van der Waals surface area contributed by atoms with Crippen molar-refractivity contribution >= 4 is 6.47 Å². The summed E-state index contributed by atoms with van der Waals surface area (Å²) in [4.78, 5) is 9.86. The number of allylic oxidation sites excluding steroid dienone is 2. The van der Waals surface area contributed by atoms with Crippen molar-refractivity contribution in [1.82, 2.24) is 0 Å². The van der Waals surface area contributed by atoms with Crippen LogP contribution in [0.2, 0.25) is 0 Å². The first-order valence-corrected chi connectivity index (χ1v) is 4.81. The zero-order valence-electron chi connectivity index (χ0n) is 8.80. The Morgan fingerprint density at radius 2 is 2.12 bits per heavy atom. The Hall–Kier alpha value is -1.26. The van der Waals surface area contributed by atoms with Crippen molar-refractivity contribution in [3.8, 4) is 0 Å². The first kappa shape index (κ1) is 14.7. The van der Waals surface area contributed by atoms with Crippen LogP contribution in [0.15, 0.2) is 18.4 Å². The fourth-order valence-corrected chi connectivity index (χ4v) is 1.26. The van der Waals surface area contributed by atoms with Crippen molar-refractivity contribution in [2.24, 2.45) is 5.92 Å². The summed E-state index contributed by atoms with van der Waals surface area (Å²) in [7, 11) is 0. The molecule has 1 atom stereocenters. The molecule has 0 bridgehead atoms. The van der Waals surface area contributed by atoms with Gasteiger partial charge in [0.15, 0.2) is 0 Å². The lowest BCUT2D eigenvalue weighted by Gasteiger charge is -2.18. The third kappa shape index (κ3) is 6.27. The average Bonchev–Trinajstić information content (AvgIpc) is 2.15. The van der Waals surface area contributed by atoms with Crippen molar-refractivity contribution in [3.05, 3.63) is 25.0 Å². The minimum absolute atomic E-state index is 0.0571. The molecule has 0 rings (SSSR count). The van der Waals surface area contributed by atoms with Gasteiger partial charge in [-0.3, -0.25) is 4.79 Å². The summed E-state index contributed by atoms with van der Waals surface area (Å²) < 4.78 is 41.5. The Kier molecular flexibility index (Phi) is 6.53. The zero-order valence-corrected chi connectivity index (χ0v) is 8.80. The van der Waals surface area contributed by atoms with Gasteiger partial charge in [0.05, 0.1) is 5.92 Å². The molecule has 16 heavy (non-hydrogen) atoms. The van der Waals surface area contributed by atoms with E-state index in [1.54, 1.807) is 0 Å². The van der Waals surface area contributed by atoms with E-state index < -0.39 is 12.1 Å². The van der Waals surface area contributed by atoms with Crippen LogP contribution < -0.4 is 0 Å². The first-order chi connectivity index (χ1) is 7.41. The van der Waals surface area contributed by atoms with E-state index in [9.17, 15) is 18.0 Å². The molecule has 0 fully saturated rings. The fraction of sp³-hybridized carbons (Fsp3) is 0.545. The molecule has 0 aliphatic rings. The third-order valence-corrected chi connectivity index (χ3v) is 2.09. The molecule has 0 aliphatic heterocycles. The molecule has 5 heteroatoms. The van der Waals surface area contributed by atoms with Gasteiger partial charge in [-0.25, -0.2) is 0 Å². The molecule has 0 aliphatic carbocycles.